The number of hydrogen-bond donors (Lipinski definition) is 1. The van der Waals surface area contributed by atoms with Crippen molar-refractivity contribution in [3.8, 4) is 17.0 Å². The van der Waals surface area contributed by atoms with Gasteiger partial charge in [0.2, 0.25) is 0 Å². The third-order valence-electron chi connectivity index (χ3n) is 4.69. The Morgan fingerprint density at radius 3 is 2.67 bits per heavy atom. The highest BCUT2D eigenvalue weighted by Gasteiger charge is 2.19. The van der Waals surface area contributed by atoms with Crippen molar-refractivity contribution in [2.24, 2.45) is 0 Å². The lowest BCUT2D eigenvalue weighted by Gasteiger charge is -2.06. The molecule has 0 fully saturated rings. The number of ether oxygens (including phenoxy) is 1. The summed E-state index contributed by atoms with van der Waals surface area (Å²) < 4.78 is 7.12. The van der Waals surface area contributed by atoms with Crippen molar-refractivity contribution in [1.29, 1.82) is 0 Å². The molecule has 2 heterocycles. The molecule has 0 atom stereocenters. The molecule has 0 saturated carbocycles. The molecule has 1 amide bonds. The number of amides is 1. The van der Waals surface area contributed by atoms with Gasteiger partial charge in [-0.05, 0) is 42.3 Å². The van der Waals surface area contributed by atoms with Crippen molar-refractivity contribution >= 4 is 11.7 Å². The molecule has 0 aliphatic carbocycles. The summed E-state index contributed by atoms with van der Waals surface area (Å²) in [5.74, 6) is 0.953. The molecule has 6 heteroatoms. The van der Waals surface area contributed by atoms with E-state index in [4.69, 9.17) is 9.84 Å². The van der Waals surface area contributed by atoms with E-state index in [9.17, 15) is 4.79 Å². The van der Waals surface area contributed by atoms with Crippen LogP contribution in [0.15, 0.2) is 79.1 Å². The molecule has 2 aromatic heterocycles. The number of anilines is 1. The fourth-order valence-electron chi connectivity index (χ4n) is 3.21. The van der Waals surface area contributed by atoms with Crippen LogP contribution in [-0.4, -0.2) is 27.8 Å². The minimum atomic E-state index is -0.259. The number of methoxy groups -OCH3 is 1. The average Bonchev–Trinajstić information content (AvgIpc) is 3.18. The first-order chi connectivity index (χ1) is 14.6. The first-order valence-corrected chi connectivity index (χ1v) is 9.62. The quantitative estimate of drug-likeness (QED) is 0.517. The Morgan fingerprint density at radius 1 is 1.07 bits per heavy atom. The third-order valence-corrected chi connectivity index (χ3v) is 4.69. The van der Waals surface area contributed by atoms with Crippen LogP contribution in [0, 0.1) is 6.92 Å². The minimum absolute atomic E-state index is 0.259. The van der Waals surface area contributed by atoms with Crippen LogP contribution >= 0.6 is 0 Å². The molecular weight excluding hydrogens is 376 g/mol. The molecule has 4 aromatic rings. The summed E-state index contributed by atoms with van der Waals surface area (Å²) in [4.78, 5) is 17.3. The zero-order valence-corrected chi connectivity index (χ0v) is 16.9. The standard InChI is InChI=1S/C24H22N4O2/c1-17-11-12-25-22(13-17)26-24(29)21-16-28(15-18-7-4-3-5-8-18)27-23(21)19-9-6-10-20(14-19)30-2/h3-14,16H,15H2,1-2H3,(H,25,26,29). The number of benzene rings is 2. The van der Waals surface area contributed by atoms with E-state index in [-0.39, 0.29) is 5.91 Å². The third kappa shape index (κ3) is 4.38. The van der Waals surface area contributed by atoms with E-state index in [1.807, 2.05) is 73.7 Å². The van der Waals surface area contributed by atoms with Gasteiger partial charge in [-0.2, -0.15) is 5.10 Å². The first-order valence-electron chi connectivity index (χ1n) is 9.62. The van der Waals surface area contributed by atoms with Crippen LogP contribution < -0.4 is 10.1 Å². The van der Waals surface area contributed by atoms with Gasteiger partial charge in [0.25, 0.3) is 5.91 Å². The van der Waals surface area contributed by atoms with Crippen molar-refractivity contribution in [2.75, 3.05) is 12.4 Å². The largest absolute Gasteiger partial charge is 0.497 e. The van der Waals surface area contributed by atoms with Crippen LogP contribution in [0.2, 0.25) is 0 Å². The Labute approximate surface area is 175 Å². The number of hydrogen-bond acceptors (Lipinski definition) is 4. The smallest absolute Gasteiger partial charge is 0.260 e. The molecule has 30 heavy (non-hydrogen) atoms. The molecule has 0 aliphatic heterocycles. The van der Waals surface area contributed by atoms with E-state index < -0.39 is 0 Å². The topological polar surface area (TPSA) is 69.0 Å². The Balaban J connectivity index is 1.71. The number of rotatable bonds is 6. The Kier molecular flexibility index (Phi) is 5.57. The van der Waals surface area contributed by atoms with Gasteiger partial charge in [-0.3, -0.25) is 9.48 Å². The molecule has 6 nitrogen and oxygen atoms in total. The predicted molar refractivity (Wildman–Crippen MR) is 117 cm³/mol. The van der Waals surface area contributed by atoms with Gasteiger partial charge in [0.1, 0.15) is 17.3 Å². The van der Waals surface area contributed by atoms with Crippen molar-refractivity contribution in [3.63, 3.8) is 0 Å². The molecule has 150 valence electrons. The van der Waals surface area contributed by atoms with E-state index in [1.54, 1.807) is 24.2 Å². The van der Waals surface area contributed by atoms with E-state index in [0.29, 0.717) is 29.4 Å². The van der Waals surface area contributed by atoms with Crippen LogP contribution in [0.4, 0.5) is 5.82 Å². The molecule has 0 bridgehead atoms. The van der Waals surface area contributed by atoms with Crippen molar-refractivity contribution < 1.29 is 9.53 Å². The number of carbonyl (C=O) groups is 1. The van der Waals surface area contributed by atoms with Gasteiger partial charge in [-0.25, -0.2) is 4.98 Å². The van der Waals surface area contributed by atoms with Crippen LogP contribution in [-0.2, 0) is 6.54 Å². The number of aromatic nitrogens is 3. The molecule has 0 aliphatic rings. The number of nitrogens with one attached hydrogen (secondary N) is 1. The maximum absolute atomic E-state index is 13.1. The lowest BCUT2D eigenvalue weighted by molar-refractivity contribution is 0.102. The van der Waals surface area contributed by atoms with Crippen molar-refractivity contribution in [1.82, 2.24) is 14.8 Å². The Morgan fingerprint density at radius 2 is 1.90 bits per heavy atom. The molecule has 4 rings (SSSR count). The number of pyridine rings is 1. The van der Waals surface area contributed by atoms with E-state index >= 15 is 0 Å². The normalized spacial score (nSPS) is 10.6. The number of nitrogens with zero attached hydrogens (tertiary/aromatic N) is 3. The molecule has 1 N–H and O–H groups in total. The second-order valence-corrected chi connectivity index (χ2v) is 6.98. The highest BCUT2D eigenvalue weighted by Crippen LogP contribution is 2.27. The highest BCUT2D eigenvalue weighted by molar-refractivity contribution is 6.07. The maximum Gasteiger partial charge on any atom is 0.260 e. The summed E-state index contributed by atoms with van der Waals surface area (Å²) in [5.41, 5.74) is 4.00. The van der Waals surface area contributed by atoms with Gasteiger partial charge in [0.15, 0.2) is 0 Å². The molecular formula is C24H22N4O2. The Hall–Kier alpha value is -3.93. The van der Waals surface area contributed by atoms with Crippen LogP contribution in [0.3, 0.4) is 0 Å². The van der Waals surface area contributed by atoms with Crippen LogP contribution in [0.25, 0.3) is 11.3 Å². The first kappa shape index (κ1) is 19.4. The lowest BCUT2D eigenvalue weighted by atomic mass is 10.1. The summed E-state index contributed by atoms with van der Waals surface area (Å²) in [6.07, 6.45) is 3.44. The average molecular weight is 398 g/mol. The number of aryl methyl sites for hydroxylation is 1. The van der Waals surface area contributed by atoms with Gasteiger partial charge in [-0.15, -0.1) is 0 Å². The van der Waals surface area contributed by atoms with Gasteiger partial charge < -0.3 is 10.1 Å². The molecule has 0 spiro atoms. The van der Waals surface area contributed by atoms with E-state index in [0.717, 1.165) is 16.7 Å². The maximum atomic E-state index is 13.1. The number of carbonyl (C=O) groups excluding carboxylic acids is 1. The summed E-state index contributed by atoms with van der Waals surface area (Å²) in [6, 6.07) is 21.3. The summed E-state index contributed by atoms with van der Waals surface area (Å²) >= 11 is 0. The summed E-state index contributed by atoms with van der Waals surface area (Å²) in [5, 5.41) is 7.59. The molecule has 0 saturated heterocycles. The van der Waals surface area contributed by atoms with Gasteiger partial charge in [0, 0.05) is 18.0 Å². The SMILES string of the molecule is COc1cccc(-c2nn(Cc3ccccc3)cc2C(=O)Nc2cc(C)ccn2)c1. The Bertz CT molecular complexity index is 1170. The second kappa shape index (κ2) is 8.61. The van der Waals surface area contributed by atoms with E-state index in [2.05, 4.69) is 10.3 Å². The molecule has 0 radical (unpaired) electrons. The van der Waals surface area contributed by atoms with Gasteiger partial charge in [0.05, 0.1) is 19.2 Å². The predicted octanol–water partition coefficient (Wildman–Crippen LogP) is 4.56. The van der Waals surface area contributed by atoms with Gasteiger partial charge in [-0.1, -0.05) is 42.5 Å². The van der Waals surface area contributed by atoms with Crippen LogP contribution in [0.5, 0.6) is 5.75 Å². The second-order valence-electron chi connectivity index (χ2n) is 6.98. The molecule has 2 aromatic carbocycles. The highest BCUT2D eigenvalue weighted by atomic mass is 16.5. The minimum Gasteiger partial charge on any atom is -0.497 e. The van der Waals surface area contributed by atoms with Crippen molar-refractivity contribution in [3.05, 3.63) is 95.8 Å². The summed E-state index contributed by atoms with van der Waals surface area (Å²) in [6.45, 7) is 2.52. The van der Waals surface area contributed by atoms with Crippen molar-refractivity contribution in [2.45, 2.75) is 13.5 Å². The van der Waals surface area contributed by atoms with Gasteiger partial charge >= 0.3 is 0 Å². The monoisotopic (exact) mass is 398 g/mol. The fourth-order valence-corrected chi connectivity index (χ4v) is 3.21. The van der Waals surface area contributed by atoms with E-state index in [1.165, 1.54) is 0 Å². The zero-order valence-electron chi connectivity index (χ0n) is 16.9. The lowest BCUT2D eigenvalue weighted by Crippen LogP contribution is -2.13. The summed E-state index contributed by atoms with van der Waals surface area (Å²) in [7, 11) is 1.62. The zero-order chi connectivity index (χ0) is 20.9. The fraction of sp³-hybridized carbons (Fsp3) is 0.125. The van der Waals surface area contributed by atoms with Crippen LogP contribution in [0.1, 0.15) is 21.5 Å². The molecule has 0 unspecified atom stereocenters.